The number of thiazole rings is 1. The van der Waals surface area contributed by atoms with Crippen molar-refractivity contribution in [3.63, 3.8) is 0 Å². The summed E-state index contributed by atoms with van der Waals surface area (Å²) in [4.78, 5) is 5.98. The Morgan fingerprint density at radius 2 is 2.29 bits per heavy atom. The number of aryl methyl sites for hydroxylation is 2. The Bertz CT molecular complexity index is 369. The van der Waals surface area contributed by atoms with Crippen molar-refractivity contribution in [2.75, 3.05) is 25.6 Å². The van der Waals surface area contributed by atoms with Crippen molar-refractivity contribution in [2.45, 2.75) is 25.7 Å². The fourth-order valence-corrected chi connectivity index (χ4v) is 3.13. The molecule has 4 nitrogen and oxygen atoms in total. The van der Waals surface area contributed by atoms with Gasteiger partial charge in [0.05, 0.1) is 12.3 Å². The molecule has 1 aromatic heterocycles. The summed E-state index contributed by atoms with van der Waals surface area (Å²) in [5.74, 6) is 0. The van der Waals surface area contributed by atoms with E-state index in [2.05, 4.69) is 15.6 Å². The molecule has 0 saturated carbocycles. The first-order chi connectivity index (χ1) is 8.29. The van der Waals surface area contributed by atoms with Crippen LogP contribution in [0.1, 0.15) is 23.4 Å². The summed E-state index contributed by atoms with van der Waals surface area (Å²) in [5.41, 5.74) is 1.25. The van der Waals surface area contributed by atoms with Gasteiger partial charge in [-0.15, -0.1) is 11.3 Å². The van der Waals surface area contributed by atoms with Gasteiger partial charge in [0.2, 0.25) is 0 Å². The third-order valence-electron chi connectivity index (χ3n) is 2.66. The number of fused-ring (bicyclic) bond motifs is 1. The molecule has 0 unspecified atom stereocenters. The number of methoxy groups -OCH3 is 1. The molecule has 0 atom stereocenters. The Balaban J connectivity index is 1.86. The molecule has 1 aromatic rings. The summed E-state index contributed by atoms with van der Waals surface area (Å²) in [6, 6.07) is 0. The minimum Gasteiger partial charge on any atom is -0.383 e. The summed E-state index contributed by atoms with van der Waals surface area (Å²) >= 11 is 6.90. The van der Waals surface area contributed by atoms with Crippen molar-refractivity contribution in [3.8, 4) is 0 Å². The highest BCUT2D eigenvalue weighted by Crippen LogP contribution is 2.29. The lowest BCUT2D eigenvalue weighted by Gasteiger charge is -2.07. The van der Waals surface area contributed by atoms with Gasteiger partial charge in [0.25, 0.3) is 0 Å². The highest BCUT2D eigenvalue weighted by molar-refractivity contribution is 7.80. The summed E-state index contributed by atoms with van der Waals surface area (Å²) in [6.07, 6.45) is 4.81. The highest BCUT2D eigenvalue weighted by Gasteiger charge is 2.15. The predicted octanol–water partition coefficient (Wildman–Crippen LogP) is 1.95. The van der Waals surface area contributed by atoms with Crippen LogP contribution < -0.4 is 10.6 Å². The van der Waals surface area contributed by atoms with Crippen molar-refractivity contribution in [3.05, 3.63) is 10.6 Å². The fourth-order valence-electron chi connectivity index (χ4n) is 1.81. The van der Waals surface area contributed by atoms with Gasteiger partial charge in [-0.05, 0) is 37.9 Å². The Labute approximate surface area is 111 Å². The van der Waals surface area contributed by atoms with E-state index in [1.54, 1.807) is 18.4 Å². The number of nitrogens with one attached hydrogen (secondary N) is 2. The maximum Gasteiger partial charge on any atom is 0.189 e. The molecule has 0 bridgehead atoms. The molecule has 0 amide bonds. The lowest BCUT2D eigenvalue weighted by atomic mass is 10.0. The molecule has 94 valence electrons. The van der Waals surface area contributed by atoms with Crippen LogP contribution >= 0.6 is 23.6 Å². The van der Waals surface area contributed by atoms with Gasteiger partial charge in [-0.1, -0.05) is 0 Å². The standard InChI is InChI=1S/C11H17N3OS2/c1-15-7-6-12-10(16)14-11-13-8-4-2-3-5-9(8)17-11/h2-7H2,1H3,(H2,12,13,14,16). The van der Waals surface area contributed by atoms with Gasteiger partial charge < -0.3 is 15.4 Å². The van der Waals surface area contributed by atoms with Crippen LogP contribution in [0.25, 0.3) is 0 Å². The van der Waals surface area contributed by atoms with Crippen molar-refractivity contribution >= 4 is 33.8 Å². The van der Waals surface area contributed by atoms with Gasteiger partial charge in [-0.3, -0.25) is 0 Å². The molecule has 0 saturated heterocycles. The number of rotatable bonds is 4. The summed E-state index contributed by atoms with van der Waals surface area (Å²) < 4.78 is 4.95. The highest BCUT2D eigenvalue weighted by atomic mass is 32.1. The third-order valence-corrected chi connectivity index (χ3v) is 3.98. The second-order valence-electron chi connectivity index (χ2n) is 3.97. The van der Waals surface area contributed by atoms with Gasteiger partial charge in [-0.2, -0.15) is 0 Å². The second-order valence-corrected chi connectivity index (χ2v) is 5.46. The number of ether oxygens (including phenoxy) is 1. The van der Waals surface area contributed by atoms with Crippen molar-refractivity contribution in [1.29, 1.82) is 0 Å². The molecule has 1 heterocycles. The van der Waals surface area contributed by atoms with E-state index in [4.69, 9.17) is 17.0 Å². The molecule has 0 spiro atoms. The molecule has 0 radical (unpaired) electrons. The molecule has 0 aromatic carbocycles. The maximum absolute atomic E-state index is 5.18. The Kier molecular flexibility index (Phi) is 4.70. The van der Waals surface area contributed by atoms with Crippen molar-refractivity contribution < 1.29 is 4.74 Å². The van der Waals surface area contributed by atoms with E-state index in [1.165, 1.54) is 29.8 Å². The minimum absolute atomic E-state index is 0.619. The third kappa shape index (κ3) is 3.62. The molecule has 0 fully saturated rings. The van der Waals surface area contributed by atoms with Crippen LogP contribution in [0.3, 0.4) is 0 Å². The van der Waals surface area contributed by atoms with E-state index < -0.39 is 0 Å². The molecule has 6 heteroatoms. The zero-order valence-electron chi connectivity index (χ0n) is 9.91. The first-order valence-electron chi connectivity index (χ1n) is 5.82. The smallest absolute Gasteiger partial charge is 0.189 e. The lowest BCUT2D eigenvalue weighted by Crippen LogP contribution is -2.31. The monoisotopic (exact) mass is 271 g/mol. The van der Waals surface area contributed by atoms with E-state index in [1.807, 2.05) is 0 Å². The lowest BCUT2D eigenvalue weighted by molar-refractivity contribution is 0.204. The zero-order chi connectivity index (χ0) is 12.1. The normalized spacial score (nSPS) is 14.2. The predicted molar refractivity (Wildman–Crippen MR) is 74.9 cm³/mol. The average Bonchev–Trinajstić information content (AvgIpc) is 2.71. The summed E-state index contributed by atoms with van der Waals surface area (Å²) in [5, 5.41) is 7.73. The average molecular weight is 271 g/mol. The first kappa shape index (κ1) is 12.7. The minimum atomic E-state index is 0.619. The van der Waals surface area contributed by atoms with E-state index in [0.29, 0.717) is 18.3 Å². The van der Waals surface area contributed by atoms with Crippen LogP contribution in [0, 0.1) is 0 Å². The quantitative estimate of drug-likeness (QED) is 0.647. The molecule has 17 heavy (non-hydrogen) atoms. The van der Waals surface area contributed by atoms with Gasteiger partial charge in [-0.25, -0.2) is 4.98 Å². The number of aromatic nitrogens is 1. The number of hydrogen-bond acceptors (Lipinski definition) is 4. The number of hydrogen-bond donors (Lipinski definition) is 2. The van der Waals surface area contributed by atoms with E-state index in [0.717, 1.165) is 11.6 Å². The maximum atomic E-state index is 5.18. The fraction of sp³-hybridized carbons (Fsp3) is 0.636. The largest absolute Gasteiger partial charge is 0.383 e. The Hall–Kier alpha value is -0.720. The van der Waals surface area contributed by atoms with Crippen LogP contribution in [-0.4, -0.2) is 30.4 Å². The summed E-state index contributed by atoms with van der Waals surface area (Å²) in [7, 11) is 1.67. The Morgan fingerprint density at radius 1 is 1.47 bits per heavy atom. The van der Waals surface area contributed by atoms with Crippen LogP contribution in [0.15, 0.2) is 0 Å². The number of thiocarbonyl (C=S) groups is 1. The zero-order valence-corrected chi connectivity index (χ0v) is 11.5. The first-order valence-corrected chi connectivity index (χ1v) is 7.04. The van der Waals surface area contributed by atoms with Gasteiger partial charge in [0, 0.05) is 18.5 Å². The molecule has 1 aliphatic rings. The molecule has 2 N–H and O–H groups in total. The van der Waals surface area contributed by atoms with E-state index in [-0.39, 0.29) is 0 Å². The van der Waals surface area contributed by atoms with Crippen molar-refractivity contribution in [1.82, 2.24) is 10.3 Å². The molecule has 1 aliphatic carbocycles. The van der Waals surface area contributed by atoms with E-state index >= 15 is 0 Å². The topological polar surface area (TPSA) is 46.2 Å². The summed E-state index contributed by atoms with van der Waals surface area (Å²) in [6.45, 7) is 1.36. The number of nitrogens with zero attached hydrogens (tertiary/aromatic N) is 1. The Morgan fingerprint density at radius 3 is 3.06 bits per heavy atom. The van der Waals surface area contributed by atoms with Gasteiger partial charge in [0.15, 0.2) is 10.2 Å². The van der Waals surface area contributed by atoms with Crippen LogP contribution in [0.2, 0.25) is 0 Å². The van der Waals surface area contributed by atoms with E-state index in [9.17, 15) is 0 Å². The second kappa shape index (κ2) is 6.28. The van der Waals surface area contributed by atoms with Crippen LogP contribution in [0.5, 0.6) is 0 Å². The SMILES string of the molecule is COCCNC(=S)Nc1nc2c(s1)CCCC2. The van der Waals surface area contributed by atoms with Crippen molar-refractivity contribution in [2.24, 2.45) is 0 Å². The molecule has 2 rings (SSSR count). The molecular formula is C11H17N3OS2. The number of anilines is 1. The van der Waals surface area contributed by atoms with Crippen LogP contribution in [0.4, 0.5) is 5.13 Å². The van der Waals surface area contributed by atoms with Crippen LogP contribution in [-0.2, 0) is 17.6 Å². The van der Waals surface area contributed by atoms with Gasteiger partial charge in [0.1, 0.15) is 0 Å². The molecule has 0 aliphatic heterocycles. The van der Waals surface area contributed by atoms with Gasteiger partial charge >= 0.3 is 0 Å². The molecular weight excluding hydrogens is 254 g/mol.